The Hall–Kier alpha value is -3.73. The van der Waals surface area contributed by atoms with Crippen LogP contribution < -0.4 is 5.32 Å². The maximum atomic E-state index is 12.5. The number of allylic oxidation sites excluding steroid dienone is 23. The lowest BCUT2D eigenvalue weighted by Crippen LogP contribution is -2.45. The van der Waals surface area contributed by atoms with Crippen molar-refractivity contribution in [3.8, 4) is 0 Å². The van der Waals surface area contributed by atoms with Crippen molar-refractivity contribution < 1.29 is 15.0 Å². The molecule has 0 radical (unpaired) electrons. The van der Waals surface area contributed by atoms with E-state index in [1.165, 1.54) is 154 Å². The van der Waals surface area contributed by atoms with Crippen LogP contribution in [0.5, 0.6) is 0 Å². The Balaban J connectivity index is 3.67. The molecule has 4 nitrogen and oxygen atoms in total. The molecule has 2 unspecified atom stereocenters. The van der Waals surface area contributed by atoms with Crippen LogP contribution >= 0.6 is 0 Å². The zero-order chi connectivity index (χ0) is 54.8. The number of hydrogen-bond donors (Lipinski definition) is 3. The zero-order valence-corrected chi connectivity index (χ0v) is 49.7. The molecule has 0 aliphatic heterocycles. The van der Waals surface area contributed by atoms with Crippen molar-refractivity contribution in [3.63, 3.8) is 0 Å². The van der Waals surface area contributed by atoms with Gasteiger partial charge in [0.05, 0.1) is 18.8 Å². The van der Waals surface area contributed by atoms with Gasteiger partial charge in [-0.25, -0.2) is 0 Å². The molecule has 0 spiro atoms. The normalized spacial score (nSPS) is 13.8. The molecule has 3 N–H and O–H groups in total. The SMILES string of the molecule is CC/C=C\C/C=C\C/C=C\C/C=C\C/C=C\C/C=C\C/C=C\C/C=C\C/C=C\CCCCCC(=O)NC(CO)C(O)/C=C/CC/C=C/CC/C=C/CCCCCCCCCCCCCCCCCCCCCCCCC. The van der Waals surface area contributed by atoms with Gasteiger partial charge in [-0.3, -0.25) is 4.79 Å². The van der Waals surface area contributed by atoms with E-state index >= 15 is 0 Å². The largest absolute Gasteiger partial charge is 0.394 e. The first-order chi connectivity index (χ1) is 37.7. The summed E-state index contributed by atoms with van der Waals surface area (Å²) in [5, 5.41) is 23.2. The fourth-order valence-electron chi connectivity index (χ4n) is 8.97. The van der Waals surface area contributed by atoms with Crippen molar-refractivity contribution >= 4 is 5.91 Å². The molecular weight excluding hydrogens is 927 g/mol. The molecule has 0 aromatic rings. The van der Waals surface area contributed by atoms with Crippen molar-refractivity contribution in [2.24, 2.45) is 0 Å². The van der Waals surface area contributed by atoms with Crippen LogP contribution in [0, 0.1) is 0 Å². The summed E-state index contributed by atoms with van der Waals surface area (Å²) in [6, 6.07) is -0.677. The van der Waals surface area contributed by atoms with E-state index in [0.29, 0.717) is 6.42 Å². The second-order valence-electron chi connectivity index (χ2n) is 21.1. The molecule has 0 aromatic heterocycles. The quantitative estimate of drug-likeness (QED) is 0.0420. The van der Waals surface area contributed by atoms with Gasteiger partial charge in [0.15, 0.2) is 0 Å². The minimum Gasteiger partial charge on any atom is -0.394 e. The summed E-state index contributed by atoms with van der Waals surface area (Å²) in [6.07, 6.45) is 103. The van der Waals surface area contributed by atoms with Crippen LogP contribution in [-0.2, 0) is 4.79 Å². The molecule has 0 saturated heterocycles. The van der Waals surface area contributed by atoms with Gasteiger partial charge in [-0.2, -0.15) is 0 Å². The molecule has 4 heteroatoms. The number of aliphatic hydroxyl groups is 2. The van der Waals surface area contributed by atoms with Crippen LogP contribution in [0.15, 0.2) is 146 Å². The zero-order valence-electron chi connectivity index (χ0n) is 49.7. The minimum atomic E-state index is -0.898. The Morgan fingerprint density at radius 3 is 0.921 bits per heavy atom. The fourth-order valence-corrected chi connectivity index (χ4v) is 8.97. The second kappa shape index (κ2) is 65.6. The monoisotopic (exact) mass is 1050 g/mol. The molecule has 0 heterocycles. The van der Waals surface area contributed by atoms with Gasteiger partial charge in [0.25, 0.3) is 0 Å². The van der Waals surface area contributed by atoms with Crippen LogP contribution in [0.3, 0.4) is 0 Å². The van der Waals surface area contributed by atoms with E-state index in [2.05, 4.69) is 153 Å². The standard InChI is InChI=1S/C72H121NO3/c1-3-5-7-9-11-13-15-17-19-21-23-25-27-29-31-33-35-36-38-39-41-43-45-47-49-51-53-55-57-59-61-63-65-67-71(75)70(69-74)73-72(76)68-66-64-62-60-58-56-54-52-50-48-46-44-42-40-37-34-32-30-28-26-24-22-20-18-16-14-12-10-8-6-4-2/h6,8,12,14,18,20,24,26,30,32,37,40,44,46,49-52,56-59,65,67,70-71,74-75H,3-5,7,9-11,13,15-17,19,21-23,25,27-29,31,33-36,38-39,41-43,45,47-48,53-55,60-64,66,68-69H2,1-2H3,(H,73,76)/b8-6-,14-12-,20-18-,26-24-,32-30-,40-37-,46-44-,51-49+,52-50-,58-56-,59-57+,67-65+. The number of unbranched alkanes of at least 4 members (excludes halogenated alkanes) is 28. The highest BCUT2D eigenvalue weighted by atomic mass is 16.3. The molecule has 0 aliphatic rings. The molecule has 1 amide bonds. The summed E-state index contributed by atoms with van der Waals surface area (Å²) in [7, 11) is 0. The number of nitrogens with one attached hydrogen (secondary N) is 1. The number of carbonyl (C=O) groups excluding carboxylic acids is 1. The van der Waals surface area contributed by atoms with Crippen LogP contribution in [0.4, 0.5) is 0 Å². The topological polar surface area (TPSA) is 69.6 Å². The predicted octanol–water partition coefficient (Wildman–Crippen LogP) is 21.9. The first kappa shape index (κ1) is 72.3. The van der Waals surface area contributed by atoms with Gasteiger partial charge in [-0.05, 0) is 116 Å². The van der Waals surface area contributed by atoms with Crippen molar-refractivity contribution in [1.82, 2.24) is 5.32 Å². The maximum absolute atomic E-state index is 12.5. The Bertz CT molecular complexity index is 1560. The molecule has 0 saturated carbocycles. The summed E-state index contributed by atoms with van der Waals surface area (Å²) < 4.78 is 0. The Labute approximate surface area is 472 Å². The first-order valence-electron chi connectivity index (χ1n) is 32.0. The van der Waals surface area contributed by atoms with E-state index in [0.717, 1.165) is 109 Å². The predicted molar refractivity (Wildman–Crippen MR) is 340 cm³/mol. The van der Waals surface area contributed by atoms with Crippen LogP contribution in [0.25, 0.3) is 0 Å². The summed E-state index contributed by atoms with van der Waals surface area (Å²) in [5.41, 5.74) is 0. The van der Waals surface area contributed by atoms with Crippen LogP contribution in [0.2, 0.25) is 0 Å². The smallest absolute Gasteiger partial charge is 0.220 e. The van der Waals surface area contributed by atoms with Crippen molar-refractivity contribution in [1.29, 1.82) is 0 Å². The van der Waals surface area contributed by atoms with E-state index < -0.39 is 12.1 Å². The summed E-state index contributed by atoms with van der Waals surface area (Å²) in [5.74, 6) is -0.114. The lowest BCUT2D eigenvalue weighted by Gasteiger charge is -2.19. The number of aliphatic hydroxyl groups excluding tert-OH is 2. The van der Waals surface area contributed by atoms with Crippen molar-refractivity contribution in [2.75, 3.05) is 6.61 Å². The average molecular weight is 1050 g/mol. The number of carbonyl (C=O) groups is 1. The van der Waals surface area contributed by atoms with E-state index in [1.54, 1.807) is 6.08 Å². The average Bonchev–Trinajstić information content (AvgIpc) is 3.42. The molecule has 0 rings (SSSR count). The fraction of sp³-hybridized carbons (Fsp3) is 0.653. The second-order valence-corrected chi connectivity index (χ2v) is 21.1. The summed E-state index contributed by atoms with van der Waals surface area (Å²) in [4.78, 5) is 12.5. The van der Waals surface area contributed by atoms with Gasteiger partial charge >= 0.3 is 0 Å². The van der Waals surface area contributed by atoms with Crippen molar-refractivity contribution in [3.05, 3.63) is 146 Å². The van der Waals surface area contributed by atoms with Gasteiger partial charge in [0, 0.05) is 6.42 Å². The molecule has 76 heavy (non-hydrogen) atoms. The molecule has 0 aromatic carbocycles. The maximum Gasteiger partial charge on any atom is 0.220 e. The number of rotatable bonds is 57. The van der Waals surface area contributed by atoms with Gasteiger partial charge in [0.2, 0.25) is 5.91 Å². The van der Waals surface area contributed by atoms with E-state index in [4.69, 9.17) is 0 Å². The van der Waals surface area contributed by atoms with E-state index in [-0.39, 0.29) is 12.5 Å². The molecule has 2 atom stereocenters. The first-order valence-corrected chi connectivity index (χ1v) is 32.0. The third-order valence-corrected chi connectivity index (χ3v) is 13.8. The van der Waals surface area contributed by atoms with Crippen LogP contribution in [-0.4, -0.2) is 34.9 Å². The van der Waals surface area contributed by atoms with E-state index in [9.17, 15) is 15.0 Å². The van der Waals surface area contributed by atoms with Crippen LogP contribution in [0.1, 0.15) is 284 Å². The molecule has 432 valence electrons. The highest BCUT2D eigenvalue weighted by Crippen LogP contribution is 2.16. The van der Waals surface area contributed by atoms with E-state index in [1.807, 2.05) is 6.08 Å². The van der Waals surface area contributed by atoms with Gasteiger partial charge in [-0.15, -0.1) is 0 Å². The Morgan fingerprint density at radius 2 is 0.592 bits per heavy atom. The van der Waals surface area contributed by atoms with Gasteiger partial charge in [0.1, 0.15) is 0 Å². The Morgan fingerprint density at radius 1 is 0.329 bits per heavy atom. The molecule has 0 fully saturated rings. The Kier molecular flexibility index (Phi) is 62.3. The highest BCUT2D eigenvalue weighted by Gasteiger charge is 2.18. The third-order valence-electron chi connectivity index (χ3n) is 13.8. The molecule has 0 bridgehead atoms. The molecule has 0 aliphatic carbocycles. The number of amides is 1. The van der Waals surface area contributed by atoms with Crippen molar-refractivity contribution in [2.45, 2.75) is 296 Å². The highest BCUT2D eigenvalue weighted by molar-refractivity contribution is 5.76. The third kappa shape index (κ3) is 61.1. The summed E-state index contributed by atoms with van der Waals surface area (Å²) in [6.45, 7) is 4.18. The van der Waals surface area contributed by atoms with Gasteiger partial charge < -0.3 is 15.5 Å². The lowest BCUT2D eigenvalue weighted by molar-refractivity contribution is -0.123. The van der Waals surface area contributed by atoms with Gasteiger partial charge in [-0.1, -0.05) is 307 Å². The lowest BCUT2D eigenvalue weighted by atomic mass is 10.0. The minimum absolute atomic E-state index is 0.114. The number of hydrogen-bond acceptors (Lipinski definition) is 3. The molecular formula is C72H121NO3. The summed E-state index contributed by atoms with van der Waals surface area (Å²) >= 11 is 0.